The molecule has 0 saturated carbocycles. The summed E-state index contributed by atoms with van der Waals surface area (Å²) in [6, 6.07) is 6.91. The molecule has 1 heterocycles. The van der Waals surface area contributed by atoms with Crippen molar-refractivity contribution < 1.29 is 13.5 Å². The molecular formula is C14H19N3O3S. The Labute approximate surface area is 124 Å². The van der Waals surface area contributed by atoms with Gasteiger partial charge in [-0.25, -0.2) is 13.1 Å². The van der Waals surface area contributed by atoms with Gasteiger partial charge in [0.1, 0.15) is 0 Å². The first-order chi connectivity index (χ1) is 9.89. The van der Waals surface area contributed by atoms with Crippen LogP contribution in [0.4, 0.5) is 0 Å². The quantitative estimate of drug-likeness (QED) is 0.828. The Morgan fingerprint density at radius 3 is 2.67 bits per heavy atom. The Balaban J connectivity index is 2.03. The normalized spacial score (nSPS) is 11.8. The Kier molecular flexibility index (Phi) is 4.76. The Morgan fingerprint density at radius 1 is 1.33 bits per heavy atom. The highest BCUT2D eigenvalue weighted by atomic mass is 32.2. The lowest BCUT2D eigenvalue weighted by Gasteiger charge is -2.07. The zero-order valence-electron chi connectivity index (χ0n) is 12.1. The van der Waals surface area contributed by atoms with E-state index in [2.05, 4.69) is 9.82 Å². The van der Waals surface area contributed by atoms with Crippen LogP contribution in [0, 0.1) is 6.92 Å². The average molecular weight is 309 g/mol. The molecule has 2 aromatic rings. The van der Waals surface area contributed by atoms with E-state index in [1.54, 1.807) is 42.2 Å². The zero-order chi connectivity index (χ0) is 15.5. The predicted octanol–water partition coefficient (Wildman–Crippen LogP) is 0.840. The third-order valence-electron chi connectivity index (χ3n) is 3.13. The summed E-state index contributed by atoms with van der Waals surface area (Å²) in [6.07, 6.45) is 1.80. The molecule has 2 rings (SSSR count). The van der Waals surface area contributed by atoms with Crippen LogP contribution < -0.4 is 4.72 Å². The fraction of sp³-hybridized carbons (Fsp3) is 0.357. The number of nitrogens with zero attached hydrogens (tertiary/aromatic N) is 2. The summed E-state index contributed by atoms with van der Waals surface area (Å²) in [5.41, 5.74) is 3.01. The molecule has 6 nitrogen and oxygen atoms in total. The minimum atomic E-state index is -3.43. The molecular weight excluding hydrogens is 290 g/mol. The lowest BCUT2D eigenvalue weighted by Crippen LogP contribution is -2.24. The Hall–Kier alpha value is -1.70. The zero-order valence-corrected chi connectivity index (χ0v) is 12.9. The number of rotatable bonds is 6. The summed E-state index contributed by atoms with van der Waals surface area (Å²) in [7, 11) is -1.64. The van der Waals surface area contributed by atoms with E-state index < -0.39 is 10.0 Å². The van der Waals surface area contributed by atoms with Gasteiger partial charge in [0.2, 0.25) is 10.0 Å². The van der Waals surface area contributed by atoms with Crippen LogP contribution in [0.15, 0.2) is 30.5 Å². The van der Waals surface area contributed by atoms with Gasteiger partial charge in [0.05, 0.1) is 18.1 Å². The van der Waals surface area contributed by atoms with Gasteiger partial charge in [-0.1, -0.05) is 24.3 Å². The number of hydrogen-bond acceptors (Lipinski definition) is 4. The van der Waals surface area contributed by atoms with Crippen molar-refractivity contribution in [1.82, 2.24) is 14.5 Å². The van der Waals surface area contributed by atoms with E-state index in [1.165, 1.54) is 0 Å². The number of benzene rings is 1. The number of hydrogen-bond donors (Lipinski definition) is 2. The molecule has 7 heteroatoms. The van der Waals surface area contributed by atoms with Crippen LogP contribution >= 0.6 is 0 Å². The second-order valence-corrected chi connectivity index (χ2v) is 6.78. The fourth-order valence-electron chi connectivity index (χ4n) is 2.10. The molecule has 0 aliphatic carbocycles. The minimum absolute atomic E-state index is 0.101. The SMILES string of the molecule is Cc1nn(C)cc1CNS(=O)(=O)Cc1cccc(CO)c1. The molecule has 0 unspecified atom stereocenters. The largest absolute Gasteiger partial charge is 0.392 e. The lowest BCUT2D eigenvalue weighted by atomic mass is 10.1. The van der Waals surface area contributed by atoms with Gasteiger partial charge < -0.3 is 5.11 Å². The van der Waals surface area contributed by atoms with Gasteiger partial charge in [-0.3, -0.25) is 4.68 Å². The van der Waals surface area contributed by atoms with E-state index in [0.717, 1.165) is 11.3 Å². The lowest BCUT2D eigenvalue weighted by molar-refractivity contribution is 0.282. The van der Waals surface area contributed by atoms with Crippen molar-refractivity contribution >= 4 is 10.0 Å². The van der Waals surface area contributed by atoms with Gasteiger partial charge in [-0.15, -0.1) is 0 Å². The van der Waals surface area contributed by atoms with Crippen LogP contribution in [0.2, 0.25) is 0 Å². The van der Waals surface area contributed by atoms with Crippen molar-refractivity contribution in [2.24, 2.45) is 7.05 Å². The predicted molar refractivity (Wildman–Crippen MR) is 79.8 cm³/mol. The van der Waals surface area contributed by atoms with Crippen molar-refractivity contribution in [3.8, 4) is 0 Å². The van der Waals surface area contributed by atoms with Gasteiger partial charge in [0, 0.05) is 25.4 Å². The monoisotopic (exact) mass is 309 g/mol. The topological polar surface area (TPSA) is 84.2 Å². The second-order valence-electron chi connectivity index (χ2n) is 4.97. The molecule has 1 aromatic carbocycles. The van der Waals surface area contributed by atoms with Crippen LogP contribution in [0.5, 0.6) is 0 Å². The summed E-state index contributed by atoms with van der Waals surface area (Å²) >= 11 is 0. The molecule has 21 heavy (non-hydrogen) atoms. The van der Waals surface area contributed by atoms with Crippen LogP contribution in [0.3, 0.4) is 0 Å². The maximum absolute atomic E-state index is 12.1. The first-order valence-corrected chi connectivity index (χ1v) is 8.20. The molecule has 0 atom stereocenters. The van der Waals surface area contributed by atoms with Crippen molar-refractivity contribution in [3.63, 3.8) is 0 Å². The van der Waals surface area contributed by atoms with Gasteiger partial charge in [0.15, 0.2) is 0 Å². The van der Waals surface area contributed by atoms with Crippen LogP contribution in [-0.2, 0) is 36.0 Å². The smallest absolute Gasteiger partial charge is 0.216 e. The van der Waals surface area contributed by atoms with E-state index >= 15 is 0 Å². The Bertz CT molecular complexity index is 723. The van der Waals surface area contributed by atoms with Crippen molar-refractivity contribution in [3.05, 3.63) is 52.8 Å². The molecule has 0 spiro atoms. The molecule has 0 saturated heterocycles. The number of aryl methyl sites for hydroxylation is 2. The number of nitrogens with one attached hydrogen (secondary N) is 1. The molecule has 0 fully saturated rings. The summed E-state index contributed by atoms with van der Waals surface area (Å²) in [4.78, 5) is 0. The molecule has 1 aromatic heterocycles. The van der Waals surface area contributed by atoms with Crippen LogP contribution in [0.1, 0.15) is 22.4 Å². The van der Waals surface area contributed by atoms with Crippen molar-refractivity contribution in [2.45, 2.75) is 25.8 Å². The molecule has 0 aliphatic heterocycles. The molecule has 2 N–H and O–H groups in total. The van der Waals surface area contributed by atoms with Gasteiger partial charge in [0.25, 0.3) is 0 Å². The molecule has 114 valence electrons. The van der Waals surface area contributed by atoms with E-state index in [1.807, 2.05) is 6.92 Å². The van der Waals surface area contributed by atoms with Crippen molar-refractivity contribution in [2.75, 3.05) is 0 Å². The number of aromatic nitrogens is 2. The van der Waals surface area contributed by atoms with Crippen molar-refractivity contribution in [1.29, 1.82) is 0 Å². The summed E-state index contributed by atoms with van der Waals surface area (Å²) < 4.78 is 28.4. The highest BCUT2D eigenvalue weighted by Crippen LogP contribution is 2.10. The van der Waals surface area contributed by atoms with Gasteiger partial charge in [-0.2, -0.15) is 5.10 Å². The fourth-order valence-corrected chi connectivity index (χ4v) is 3.19. The Morgan fingerprint density at radius 2 is 2.05 bits per heavy atom. The van der Waals surface area contributed by atoms with E-state index in [0.29, 0.717) is 11.1 Å². The van der Waals surface area contributed by atoms with E-state index in [4.69, 9.17) is 5.11 Å². The highest BCUT2D eigenvalue weighted by Gasteiger charge is 2.13. The average Bonchev–Trinajstić information content (AvgIpc) is 2.74. The third kappa shape index (κ3) is 4.38. The third-order valence-corrected chi connectivity index (χ3v) is 4.43. The van der Waals surface area contributed by atoms with Crippen LogP contribution in [0.25, 0.3) is 0 Å². The maximum atomic E-state index is 12.1. The molecule has 0 aliphatic rings. The number of sulfonamides is 1. The summed E-state index contributed by atoms with van der Waals surface area (Å²) in [5.74, 6) is -0.111. The van der Waals surface area contributed by atoms with Gasteiger partial charge in [-0.05, 0) is 18.1 Å². The minimum Gasteiger partial charge on any atom is -0.392 e. The van der Waals surface area contributed by atoms with Crippen LogP contribution in [-0.4, -0.2) is 23.3 Å². The molecule has 0 radical (unpaired) electrons. The first-order valence-electron chi connectivity index (χ1n) is 6.55. The first kappa shape index (κ1) is 15.7. The van der Waals surface area contributed by atoms with E-state index in [9.17, 15) is 8.42 Å². The number of aliphatic hydroxyl groups excluding tert-OH is 1. The standard InChI is InChI=1S/C14H19N3O3S/c1-11-14(8-17(2)16-11)7-15-21(19,20)10-13-5-3-4-12(6-13)9-18/h3-6,8,15,18H,7,9-10H2,1-2H3. The van der Waals surface area contributed by atoms with Gasteiger partial charge >= 0.3 is 0 Å². The molecule has 0 bridgehead atoms. The number of aliphatic hydroxyl groups is 1. The second kappa shape index (κ2) is 6.38. The summed E-state index contributed by atoms with van der Waals surface area (Å²) in [6.45, 7) is 1.96. The van der Waals surface area contributed by atoms with E-state index in [-0.39, 0.29) is 18.9 Å². The molecule has 0 amide bonds. The maximum Gasteiger partial charge on any atom is 0.216 e. The summed E-state index contributed by atoms with van der Waals surface area (Å²) in [5, 5.41) is 13.2. The highest BCUT2D eigenvalue weighted by molar-refractivity contribution is 7.88.